The molecule has 1 aromatic heterocycles. The zero-order chi connectivity index (χ0) is 17.8. The molecule has 2 N–H and O–H groups in total. The lowest BCUT2D eigenvalue weighted by Crippen LogP contribution is -2.21. The number of amides is 1. The average molecular weight is 336 g/mol. The summed E-state index contributed by atoms with van der Waals surface area (Å²) in [5.74, 6) is -0.597. The van der Waals surface area contributed by atoms with Crippen LogP contribution < -0.4 is 10.5 Å². The van der Waals surface area contributed by atoms with Crippen molar-refractivity contribution in [3.05, 3.63) is 60.2 Å². The topological polar surface area (TPSA) is 91.5 Å². The molecular formula is C19H16N2O4. The number of fused-ring (bicyclic) bond motifs is 1. The van der Waals surface area contributed by atoms with Gasteiger partial charge in [0, 0.05) is 10.9 Å². The van der Waals surface area contributed by atoms with Crippen LogP contribution in [0.5, 0.6) is 5.75 Å². The monoisotopic (exact) mass is 336 g/mol. The molecule has 1 amide bonds. The van der Waals surface area contributed by atoms with Gasteiger partial charge in [0.2, 0.25) is 0 Å². The van der Waals surface area contributed by atoms with Crippen molar-refractivity contribution in [2.45, 2.75) is 0 Å². The minimum absolute atomic E-state index is 0.331. The third kappa shape index (κ3) is 3.58. The first-order valence-corrected chi connectivity index (χ1v) is 7.58. The van der Waals surface area contributed by atoms with Crippen molar-refractivity contribution in [3.8, 4) is 17.0 Å². The maximum Gasteiger partial charge on any atom is 0.339 e. The lowest BCUT2D eigenvalue weighted by molar-refractivity contribution is -0.121. The van der Waals surface area contributed by atoms with Gasteiger partial charge in [0.15, 0.2) is 6.61 Å². The molecule has 1 heterocycles. The maximum absolute atomic E-state index is 12.4. The Bertz CT molecular complexity index is 936. The van der Waals surface area contributed by atoms with E-state index >= 15 is 0 Å². The van der Waals surface area contributed by atoms with Crippen LogP contribution in [0, 0.1) is 0 Å². The van der Waals surface area contributed by atoms with Crippen molar-refractivity contribution in [1.29, 1.82) is 0 Å². The molecule has 25 heavy (non-hydrogen) atoms. The number of para-hydroxylation sites is 1. The van der Waals surface area contributed by atoms with Crippen molar-refractivity contribution < 1.29 is 19.1 Å². The molecule has 0 unspecified atom stereocenters. The summed E-state index contributed by atoms with van der Waals surface area (Å²) in [5, 5.41) is 0.647. The molecule has 126 valence electrons. The minimum Gasteiger partial charge on any atom is -0.497 e. The first-order chi connectivity index (χ1) is 12.1. The highest BCUT2D eigenvalue weighted by molar-refractivity contribution is 6.05. The van der Waals surface area contributed by atoms with Crippen molar-refractivity contribution in [2.24, 2.45) is 5.73 Å². The lowest BCUT2D eigenvalue weighted by Gasteiger charge is -2.10. The van der Waals surface area contributed by atoms with Crippen LogP contribution in [0.3, 0.4) is 0 Å². The van der Waals surface area contributed by atoms with Crippen molar-refractivity contribution in [2.75, 3.05) is 13.7 Å². The minimum atomic E-state index is -0.706. The third-order valence-electron chi connectivity index (χ3n) is 3.67. The van der Waals surface area contributed by atoms with Crippen LogP contribution >= 0.6 is 0 Å². The fourth-order valence-corrected chi connectivity index (χ4v) is 2.47. The van der Waals surface area contributed by atoms with E-state index in [2.05, 4.69) is 4.98 Å². The van der Waals surface area contributed by atoms with Gasteiger partial charge in [-0.2, -0.15) is 0 Å². The quantitative estimate of drug-likeness (QED) is 0.723. The molecule has 0 radical (unpaired) electrons. The second-order valence-corrected chi connectivity index (χ2v) is 5.34. The van der Waals surface area contributed by atoms with Crippen LogP contribution in [0.15, 0.2) is 54.6 Å². The lowest BCUT2D eigenvalue weighted by atomic mass is 10.0. The summed E-state index contributed by atoms with van der Waals surface area (Å²) in [6, 6.07) is 16.2. The number of carbonyl (C=O) groups is 2. The van der Waals surface area contributed by atoms with Gasteiger partial charge < -0.3 is 15.2 Å². The highest BCUT2D eigenvalue weighted by atomic mass is 16.5. The van der Waals surface area contributed by atoms with Gasteiger partial charge in [-0.1, -0.05) is 18.2 Å². The highest BCUT2D eigenvalue weighted by Gasteiger charge is 2.16. The van der Waals surface area contributed by atoms with Gasteiger partial charge in [0.1, 0.15) is 5.75 Å². The van der Waals surface area contributed by atoms with E-state index in [1.165, 1.54) is 0 Å². The molecule has 3 rings (SSSR count). The molecule has 0 aliphatic heterocycles. The maximum atomic E-state index is 12.4. The van der Waals surface area contributed by atoms with Crippen LogP contribution in [0.2, 0.25) is 0 Å². The first kappa shape index (κ1) is 16.4. The Labute approximate surface area is 144 Å². The van der Waals surface area contributed by atoms with Gasteiger partial charge in [0.25, 0.3) is 5.91 Å². The molecule has 0 spiro atoms. The summed E-state index contributed by atoms with van der Waals surface area (Å²) in [6.45, 7) is -0.465. The number of nitrogens with zero attached hydrogens (tertiary/aromatic N) is 1. The smallest absolute Gasteiger partial charge is 0.339 e. The number of benzene rings is 2. The zero-order valence-electron chi connectivity index (χ0n) is 13.6. The Balaban J connectivity index is 2.08. The van der Waals surface area contributed by atoms with E-state index in [0.717, 1.165) is 11.3 Å². The van der Waals surface area contributed by atoms with E-state index in [9.17, 15) is 9.59 Å². The Hall–Kier alpha value is -3.41. The van der Waals surface area contributed by atoms with Gasteiger partial charge in [-0.25, -0.2) is 9.78 Å². The number of carbonyl (C=O) groups excluding carboxylic acids is 2. The normalized spacial score (nSPS) is 10.4. The van der Waals surface area contributed by atoms with Gasteiger partial charge in [-0.15, -0.1) is 0 Å². The number of pyridine rings is 1. The average Bonchev–Trinajstić information content (AvgIpc) is 2.65. The second kappa shape index (κ2) is 7.00. The van der Waals surface area contributed by atoms with E-state index < -0.39 is 18.5 Å². The van der Waals surface area contributed by atoms with Gasteiger partial charge >= 0.3 is 5.97 Å². The van der Waals surface area contributed by atoms with E-state index in [4.69, 9.17) is 15.2 Å². The predicted octanol–water partition coefficient (Wildman–Crippen LogP) is 2.55. The Morgan fingerprint density at radius 1 is 1.08 bits per heavy atom. The molecular weight excluding hydrogens is 320 g/mol. The Morgan fingerprint density at radius 3 is 2.48 bits per heavy atom. The number of hydrogen-bond donors (Lipinski definition) is 1. The summed E-state index contributed by atoms with van der Waals surface area (Å²) in [4.78, 5) is 27.8. The van der Waals surface area contributed by atoms with E-state index in [0.29, 0.717) is 22.2 Å². The van der Waals surface area contributed by atoms with Crippen LogP contribution in [0.4, 0.5) is 0 Å². The molecule has 6 nitrogen and oxygen atoms in total. The summed E-state index contributed by atoms with van der Waals surface area (Å²) >= 11 is 0. The van der Waals surface area contributed by atoms with Gasteiger partial charge in [-0.3, -0.25) is 4.79 Å². The summed E-state index contributed by atoms with van der Waals surface area (Å²) in [7, 11) is 1.59. The van der Waals surface area contributed by atoms with Gasteiger partial charge in [-0.05, 0) is 36.4 Å². The zero-order valence-corrected chi connectivity index (χ0v) is 13.6. The van der Waals surface area contributed by atoms with E-state index in [1.54, 1.807) is 19.2 Å². The molecule has 0 saturated carbocycles. The summed E-state index contributed by atoms with van der Waals surface area (Å²) in [6.07, 6.45) is 0. The van der Waals surface area contributed by atoms with Crippen LogP contribution in [-0.4, -0.2) is 30.6 Å². The standard InChI is InChI=1S/C19H16N2O4/c1-24-13-8-6-12(7-9-13)17-10-15(19(23)25-11-18(20)22)14-4-2-3-5-16(14)21-17/h2-10H,11H2,1H3,(H2,20,22). The SMILES string of the molecule is COc1ccc(-c2cc(C(=O)OCC(N)=O)c3ccccc3n2)cc1. The van der Waals surface area contributed by atoms with Gasteiger partial charge in [0.05, 0.1) is 23.9 Å². The number of rotatable bonds is 5. The van der Waals surface area contributed by atoms with Crippen LogP contribution in [0.25, 0.3) is 22.2 Å². The number of hydrogen-bond acceptors (Lipinski definition) is 5. The molecule has 0 bridgehead atoms. The number of primary amides is 1. The summed E-state index contributed by atoms with van der Waals surface area (Å²) < 4.78 is 10.1. The fourth-order valence-electron chi connectivity index (χ4n) is 2.47. The number of methoxy groups -OCH3 is 1. The molecule has 6 heteroatoms. The van der Waals surface area contributed by atoms with Crippen molar-refractivity contribution >= 4 is 22.8 Å². The van der Waals surface area contributed by atoms with E-state index in [1.807, 2.05) is 42.5 Å². The number of ether oxygens (including phenoxy) is 2. The van der Waals surface area contributed by atoms with Crippen molar-refractivity contribution in [1.82, 2.24) is 4.98 Å². The molecule has 0 atom stereocenters. The van der Waals surface area contributed by atoms with E-state index in [-0.39, 0.29) is 0 Å². The highest BCUT2D eigenvalue weighted by Crippen LogP contribution is 2.26. The number of nitrogens with two attached hydrogens (primary N) is 1. The van der Waals surface area contributed by atoms with Crippen molar-refractivity contribution in [3.63, 3.8) is 0 Å². The largest absolute Gasteiger partial charge is 0.497 e. The second-order valence-electron chi connectivity index (χ2n) is 5.34. The molecule has 2 aromatic carbocycles. The Kier molecular flexibility index (Phi) is 4.61. The Morgan fingerprint density at radius 2 is 1.80 bits per heavy atom. The number of esters is 1. The fraction of sp³-hybridized carbons (Fsp3) is 0.105. The summed E-state index contributed by atoms with van der Waals surface area (Å²) in [5.41, 5.74) is 7.47. The third-order valence-corrected chi connectivity index (χ3v) is 3.67. The van der Waals surface area contributed by atoms with Crippen LogP contribution in [0.1, 0.15) is 10.4 Å². The molecule has 0 saturated heterocycles. The molecule has 0 aliphatic carbocycles. The molecule has 0 fully saturated rings. The molecule has 3 aromatic rings. The predicted molar refractivity (Wildman–Crippen MR) is 93.2 cm³/mol. The van der Waals surface area contributed by atoms with Crippen LogP contribution in [-0.2, 0) is 9.53 Å². The molecule has 0 aliphatic rings. The first-order valence-electron chi connectivity index (χ1n) is 7.58. The number of aromatic nitrogens is 1.